The van der Waals surface area contributed by atoms with Crippen molar-refractivity contribution in [2.24, 2.45) is 0 Å². The molecule has 1 heterocycles. The number of rotatable bonds is 6. The maximum absolute atomic E-state index is 14.8. The molecule has 0 saturated carbocycles. The summed E-state index contributed by atoms with van der Waals surface area (Å²) in [5.74, 6) is -1.37. The summed E-state index contributed by atoms with van der Waals surface area (Å²) >= 11 is 7.21. The highest BCUT2D eigenvalue weighted by atomic mass is 35.5. The minimum Gasteiger partial charge on any atom is -0.337 e. The molecule has 0 spiro atoms. The molecule has 3 rings (SSSR count). The minimum absolute atomic E-state index is 0.0270. The third-order valence-electron chi connectivity index (χ3n) is 3.70. The number of nitrogens with one attached hydrogen (secondary N) is 1. The molecule has 0 bridgehead atoms. The van der Waals surface area contributed by atoms with Crippen molar-refractivity contribution in [3.63, 3.8) is 0 Å². The number of hydrogen-bond acceptors (Lipinski definition) is 5. The van der Waals surface area contributed by atoms with Gasteiger partial charge in [0.15, 0.2) is 5.13 Å². The number of aromatic nitrogens is 1. The van der Waals surface area contributed by atoms with Gasteiger partial charge in [-0.2, -0.15) is 0 Å². The van der Waals surface area contributed by atoms with Gasteiger partial charge in [-0.25, -0.2) is 22.2 Å². The summed E-state index contributed by atoms with van der Waals surface area (Å²) in [6, 6.07) is 7.89. The van der Waals surface area contributed by atoms with Gasteiger partial charge in [-0.3, -0.25) is 4.72 Å². The van der Waals surface area contributed by atoms with Crippen LogP contribution in [0, 0.1) is 11.6 Å². The summed E-state index contributed by atoms with van der Waals surface area (Å²) in [7, 11) is -4.13. The Balaban J connectivity index is 2.03. The Morgan fingerprint density at radius 2 is 1.93 bits per heavy atom. The molecule has 3 aromatic rings. The molecule has 0 aliphatic rings. The fourth-order valence-corrected chi connectivity index (χ4v) is 4.84. The first-order chi connectivity index (χ1) is 12.8. The third kappa shape index (κ3) is 4.05. The van der Waals surface area contributed by atoms with Crippen molar-refractivity contribution in [3.05, 3.63) is 64.6 Å². The molecule has 10 heteroatoms. The molecule has 0 radical (unpaired) electrons. The Bertz CT molecular complexity index is 1060. The molecule has 5 nitrogen and oxygen atoms in total. The standard InChI is InChI=1S/C17H14ClF2N3O2S2/c1-2-23(14-6-4-3-5-12(14)19)15-9-11(18)16(10-13(15)20)27(24,25)22-17-21-7-8-26-17/h3-10H,2H2,1H3,(H,21,22). The van der Waals surface area contributed by atoms with Crippen LogP contribution in [0.2, 0.25) is 5.02 Å². The second kappa shape index (κ2) is 7.79. The van der Waals surface area contributed by atoms with Crippen LogP contribution < -0.4 is 9.62 Å². The molecule has 27 heavy (non-hydrogen) atoms. The monoisotopic (exact) mass is 429 g/mol. The lowest BCUT2D eigenvalue weighted by Gasteiger charge is -2.25. The SMILES string of the molecule is CCN(c1ccccc1F)c1cc(Cl)c(S(=O)(=O)Nc2nccs2)cc1F. The molecule has 0 saturated heterocycles. The molecule has 142 valence electrons. The summed E-state index contributed by atoms with van der Waals surface area (Å²) in [6.07, 6.45) is 1.43. The van der Waals surface area contributed by atoms with E-state index < -0.39 is 26.6 Å². The molecule has 0 aliphatic carbocycles. The van der Waals surface area contributed by atoms with Gasteiger partial charge in [0.05, 0.1) is 16.4 Å². The van der Waals surface area contributed by atoms with Gasteiger partial charge in [-0.05, 0) is 31.2 Å². The van der Waals surface area contributed by atoms with Gasteiger partial charge in [0.25, 0.3) is 10.0 Å². The predicted molar refractivity (Wildman–Crippen MR) is 103 cm³/mol. The minimum atomic E-state index is -4.13. The average Bonchev–Trinajstić information content (AvgIpc) is 3.12. The third-order valence-corrected chi connectivity index (χ3v) is 6.32. The van der Waals surface area contributed by atoms with Crippen molar-refractivity contribution in [2.45, 2.75) is 11.8 Å². The van der Waals surface area contributed by atoms with Crippen molar-refractivity contribution >= 4 is 49.5 Å². The van der Waals surface area contributed by atoms with Crippen LogP contribution in [0.1, 0.15) is 6.92 Å². The molecule has 0 unspecified atom stereocenters. The van der Waals surface area contributed by atoms with E-state index in [0.29, 0.717) is 0 Å². The lowest BCUT2D eigenvalue weighted by molar-refractivity contribution is 0.594. The summed E-state index contributed by atoms with van der Waals surface area (Å²) < 4.78 is 56.1. The van der Waals surface area contributed by atoms with Crippen LogP contribution in [0.25, 0.3) is 0 Å². The number of benzene rings is 2. The molecular formula is C17H14ClF2N3O2S2. The van der Waals surface area contributed by atoms with Crippen molar-refractivity contribution in [1.29, 1.82) is 0 Å². The van der Waals surface area contributed by atoms with Crippen LogP contribution in [0.15, 0.2) is 52.9 Å². The Labute approximate surface area is 164 Å². The smallest absolute Gasteiger partial charge is 0.265 e. The fourth-order valence-electron chi connectivity index (χ4n) is 2.52. The zero-order valence-electron chi connectivity index (χ0n) is 14.0. The predicted octanol–water partition coefficient (Wildman–Crippen LogP) is 5.03. The van der Waals surface area contributed by atoms with Gasteiger partial charge in [0.2, 0.25) is 0 Å². The fraction of sp³-hybridized carbons (Fsp3) is 0.118. The van der Waals surface area contributed by atoms with Gasteiger partial charge < -0.3 is 4.90 Å². The Morgan fingerprint density at radius 1 is 1.19 bits per heavy atom. The van der Waals surface area contributed by atoms with Gasteiger partial charge in [-0.1, -0.05) is 23.7 Å². The highest BCUT2D eigenvalue weighted by Crippen LogP contribution is 2.35. The van der Waals surface area contributed by atoms with E-state index in [4.69, 9.17) is 11.6 Å². The number of halogens is 3. The molecule has 0 amide bonds. The van der Waals surface area contributed by atoms with Crippen LogP contribution >= 0.6 is 22.9 Å². The number of nitrogens with zero attached hydrogens (tertiary/aromatic N) is 2. The molecule has 0 aliphatic heterocycles. The van der Waals surface area contributed by atoms with Crippen molar-refractivity contribution in [2.75, 3.05) is 16.2 Å². The lowest BCUT2D eigenvalue weighted by Crippen LogP contribution is -2.20. The largest absolute Gasteiger partial charge is 0.337 e. The van der Waals surface area contributed by atoms with E-state index in [0.717, 1.165) is 17.4 Å². The summed E-state index contributed by atoms with van der Waals surface area (Å²) in [6.45, 7) is 1.96. The van der Waals surface area contributed by atoms with E-state index in [1.165, 1.54) is 35.4 Å². The van der Waals surface area contributed by atoms with E-state index >= 15 is 0 Å². The average molecular weight is 430 g/mol. The van der Waals surface area contributed by atoms with Crippen molar-refractivity contribution in [1.82, 2.24) is 4.98 Å². The lowest BCUT2D eigenvalue weighted by atomic mass is 10.2. The van der Waals surface area contributed by atoms with Crippen LogP contribution in [0.5, 0.6) is 0 Å². The molecule has 0 fully saturated rings. The van der Waals surface area contributed by atoms with Crippen molar-refractivity contribution < 1.29 is 17.2 Å². The van der Waals surface area contributed by atoms with Gasteiger partial charge >= 0.3 is 0 Å². The first-order valence-corrected chi connectivity index (χ1v) is 10.5. The summed E-state index contributed by atoms with van der Waals surface area (Å²) in [5, 5.41) is 1.54. The van der Waals surface area contributed by atoms with Crippen LogP contribution in [-0.4, -0.2) is 19.9 Å². The normalized spacial score (nSPS) is 11.4. The molecule has 1 aromatic heterocycles. The molecule has 0 atom stereocenters. The second-order valence-corrected chi connectivity index (χ2v) is 8.33. The Kier molecular flexibility index (Phi) is 5.64. The van der Waals surface area contributed by atoms with Crippen LogP contribution in [-0.2, 0) is 10.0 Å². The summed E-state index contributed by atoms with van der Waals surface area (Å²) in [5.41, 5.74) is 0.132. The van der Waals surface area contributed by atoms with E-state index in [-0.39, 0.29) is 28.1 Å². The quantitative estimate of drug-likeness (QED) is 0.596. The highest BCUT2D eigenvalue weighted by Gasteiger charge is 2.24. The van der Waals surface area contributed by atoms with E-state index in [1.54, 1.807) is 18.4 Å². The number of thiazole rings is 1. The molecular weight excluding hydrogens is 416 g/mol. The maximum atomic E-state index is 14.8. The van der Waals surface area contributed by atoms with Crippen LogP contribution in [0.3, 0.4) is 0 Å². The van der Waals surface area contributed by atoms with Gasteiger partial charge in [0, 0.05) is 18.1 Å². The Hall–Kier alpha value is -2.23. The maximum Gasteiger partial charge on any atom is 0.265 e. The van der Waals surface area contributed by atoms with E-state index in [9.17, 15) is 17.2 Å². The van der Waals surface area contributed by atoms with E-state index in [1.807, 2.05) is 0 Å². The molecule has 2 aromatic carbocycles. The number of sulfonamides is 1. The number of hydrogen-bond donors (Lipinski definition) is 1. The number of anilines is 3. The first-order valence-electron chi connectivity index (χ1n) is 7.77. The van der Waals surface area contributed by atoms with Gasteiger partial charge in [-0.15, -0.1) is 11.3 Å². The zero-order valence-corrected chi connectivity index (χ0v) is 16.4. The van der Waals surface area contributed by atoms with Crippen molar-refractivity contribution in [3.8, 4) is 0 Å². The number of para-hydroxylation sites is 1. The van der Waals surface area contributed by atoms with E-state index in [2.05, 4.69) is 9.71 Å². The Morgan fingerprint density at radius 3 is 2.56 bits per heavy atom. The second-order valence-electron chi connectivity index (χ2n) is 5.37. The highest BCUT2D eigenvalue weighted by molar-refractivity contribution is 7.93. The zero-order chi connectivity index (χ0) is 19.6. The topological polar surface area (TPSA) is 62.3 Å². The first kappa shape index (κ1) is 19.5. The summed E-state index contributed by atoms with van der Waals surface area (Å²) in [4.78, 5) is 4.78. The van der Waals surface area contributed by atoms with Gasteiger partial charge in [0.1, 0.15) is 16.5 Å². The van der Waals surface area contributed by atoms with Crippen LogP contribution in [0.4, 0.5) is 25.3 Å². The molecule has 1 N–H and O–H groups in total.